The first-order valence-electron chi connectivity index (χ1n) is 22.5. The SMILES string of the molecule is CCCCCCCCCCCCCCCCCCc1cc2cc(C(=O)O)ccc2c(CCCCCCCCCCCCCCCCCC)c1C(=O)O. The molecule has 0 fully saturated rings. The Kier molecular flexibility index (Phi) is 27.3. The number of carboxylic acid groups (broad SMARTS) is 2. The van der Waals surface area contributed by atoms with Gasteiger partial charge in [0.05, 0.1) is 11.1 Å². The number of aromatic carboxylic acids is 2. The average Bonchev–Trinajstić information content (AvgIpc) is 3.13. The van der Waals surface area contributed by atoms with Crippen LogP contribution in [-0.4, -0.2) is 22.2 Å². The molecule has 0 spiro atoms. The van der Waals surface area contributed by atoms with Gasteiger partial charge in [0.25, 0.3) is 0 Å². The number of rotatable bonds is 36. The fourth-order valence-corrected chi connectivity index (χ4v) is 8.12. The summed E-state index contributed by atoms with van der Waals surface area (Å²) < 4.78 is 0. The molecule has 296 valence electrons. The molecule has 0 aromatic heterocycles. The number of hydrogen-bond acceptors (Lipinski definition) is 2. The lowest BCUT2D eigenvalue weighted by Crippen LogP contribution is -2.09. The fourth-order valence-electron chi connectivity index (χ4n) is 8.12. The Balaban J connectivity index is 1.73. The van der Waals surface area contributed by atoms with E-state index in [-0.39, 0.29) is 5.56 Å². The highest BCUT2D eigenvalue weighted by atomic mass is 16.4. The van der Waals surface area contributed by atoms with Gasteiger partial charge in [0.2, 0.25) is 0 Å². The van der Waals surface area contributed by atoms with Crippen molar-refractivity contribution in [3.63, 3.8) is 0 Å². The minimum absolute atomic E-state index is 0.261. The van der Waals surface area contributed by atoms with E-state index in [2.05, 4.69) is 13.8 Å². The number of carboxylic acids is 2. The summed E-state index contributed by atoms with van der Waals surface area (Å²) in [5, 5.41) is 21.8. The minimum Gasteiger partial charge on any atom is -0.478 e. The van der Waals surface area contributed by atoms with Crippen LogP contribution in [0, 0.1) is 0 Å². The van der Waals surface area contributed by atoms with Crippen molar-refractivity contribution in [2.45, 2.75) is 232 Å². The zero-order chi connectivity index (χ0) is 37.5. The summed E-state index contributed by atoms with van der Waals surface area (Å²) >= 11 is 0. The van der Waals surface area contributed by atoms with Crippen molar-refractivity contribution < 1.29 is 19.8 Å². The highest BCUT2D eigenvalue weighted by Gasteiger charge is 2.20. The zero-order valence-corrected chi connectivity index (χ0v) is 34.1. The van der Waals surface area contributed by atoms with E-state index in [1.807, 2.05) is 12.1 Å². The van der Waals surface area contributed by atoms with Crippen LogP contribution in [0.4, 0.5) is 0 Å². The predicted molar refractivity (Wildman–Crippen MR) is 224 cm³/mol. The summed E-state index contributed by atoms with van der Waals surface area (Å²) in [6, 6.07) is 7.17. The molecule has 52 heavy (non-hydrogen) atoms. The van der Waals surface area contributed by atoms with Gasteiger partial charge in [-0.2, -0.15) is 0 Å². The van der Waals surface area contributed by atoms with Crippen LogP contribution in [-0.2, 0) is 12.8 Å². The Bertz CT molecular complexity index is 1200. The number of aryl methyl sites for hydroxylation is 2. The second-order valence-corrected chi connectivity index (χ2v) is 16.0. The maximum absolute atomic E-state index is 12.7. The van der Waals surface area contributed by atoms with Gasteiger partial charge in [-0.3, -0.25) is 0 Å². The second kappa shape index (κ2) is 31.0. The van der Waals surface area contributed by atoms with E-state index >= 15 is 0 Å². The molecule has 2 rings (SSSR count). The van der Waals surface area contributed by atoms with E-state index in [9.17, 15) is 19.8 Å². The van der Waals surface area contributed by atoms with Gasteiger partial charge in [0.15, 0.2) is 0 Å². The summed E-state index contributed by atoms with van der Waals surface area (Å²) in [4.78, 5) is 24.5. The summed E-state index contributed by atoms with van der Waals surface area (Å²) in [6.07, 6.45) is 43.6. The van der Waals surface area contributed by atoms with Gasteiger partial charge in [-0.25, -0.2) is 9.59 Å². The molecule has 2 aromatic carbocycles. The monoisotopic (exact) mass is 721 g/mol. The molecule has 0 aliphatic carbocycles. The topological polar surface area (TPSA) is 74.6 Å². The fraction of sp³-hybridized carbons (Fsp3) is 0.750. The number of benzene rings is 2. The molecule has 0 aliphatic heterocycles. The number of carbonyl (C=O) groups is 2. The molecule has 4 heteroatoms. The molecule has 0 unspecified atom stereocenters. The molecule has 0 saturated heterocycles. The molecule has 2 aromatic rings. The summed E-state index contributed by atoms with van der Waals surface area (Å²) in [5.41, 5.74) is 2.51. The van der Waals surface area contributed by atoms with Crippen molar-refractivity contribution in [1.82, 2.24) is 0 Å². The van der Waals surface area contributed by atoms with Crippen LogP contribution in [0.3, 0.4) is 0 Å². The number of unbranched alkanes of at least 4 members (excludes halogenated alkanes) is 30. The molecule has 0 bridgehead atoms. The van der Waals surface area contributed by atoms with Crippen molar-refractivity contribution in [1.29, 1.82) is 0 Å². The van der Waals surface area contributed by atoms with E-state index in [1.165, 1.54) is 180 Å². The van der Waals surface area contributed by atoms with Gasteiger partial charge in [-0.15, -0.1) is 0 Å². The Morgan fingerprint density at radius 2 is 0.769 bits per heavy atom. The number of fused-ring (bicyclic) bond motifs is 1. The highest BCUT2D eigenvalue weighted by Crippen LogP contribution is 2.31. The molecule has 0 amide bonds. The number of hydrogen-bond donors (Lipinski definition) is 2. The first kappa shape index (κ1) is 45.8. The Labute approximate surface area is 320 Å². The molecular weight excluding hydrogens is 641 g/mol. The lowest BCUT2D eigenvalue weighted by Gasteiger charge is -2.16. The normalized spacial score (nSPS) is 11.5. The molecule has 0 atom stereocenters. The largest absolute Gasteiger partial charge is 0.478 e. The molecule has 0 radical (unpaired) electrons. The molecule has 0 saturated carbocycles. The van der Waals surface area contributed by atoms with Gasteiger partial charge in [0.1, 0.15) is 0 Å². The predicted octanol–water partition coefficient (Wildman–Crippen LogP) is 15.8. The first-order valence-corrected chi connectivity index (χ1v) is 22.5. The van der Waals surface area contributed by atoms with Gasteiger partial charge in [0, 0.05) is 0 Å². The third-order valence-corrected chi connectivity index (χ3v) is 11.4. The Hall–Kier alpha value is -2.36. The lowest BCUT2D eigenvalue weighted by molar-refractivity contribution is 0.0684. The summed E-state index contributed by atoms with van der Waals surface area (Å²) in [6.45, 7) is 4.56. The van der Waals surface area contributed by atoms with Crippen molar-refractivity contribution in [2.24, 2.45) is 0 Å². The quantitative estimate of drug-likeness (QED) is 0.0687. The van der Waals surface area contributed by atoms with Gasteiger partial charge >= 0.3 is 11.9 Å². The standard InChI is InChI=1S/C48H80O4/c1-3-5-7-9-11-13-15-17-19-21-23-25-27-29-31-33-35-41-39-43-40-42(47(49)50)37-38-44(43)45(46(41)48(51)52)36-34-32-30-28-26-24-22-20-18-16-14-12-10-8-6-4-2/h37-40H,3-36H2,1-2H3,(H,49,50)(H,51,52). The Morgan fingerprint density at radius 3 is 1.12 bits per heavy atom. The van der Waals surface area contributed by atoms with Crippen LogP contribution in [0.5, 0.6) is 0 Å². The maximum Gasteiger partial charge on any atom is 0.336 e. The summed E-state index contributed by atoms with van der Waals surface area (Å²) in [5.74, 6) is -1.79. The Morgan fingerprint density at radius 1 is 0.423 bits per heavy atom. The van der Waals surface area contributed by atoms with Gasteiger partial charge in [-0.05, 0) is 59.7 Å². The molecule has 2 N–H and O–H groups in total. The molecule has 0 heterocycles. The lowest BCUT2D eigenvalue weighted by atomic mass is 9.88. The van der Waals surface area contributed by atoms with E-state index in [4.69, 9.17) is 0 Å². The third-order valence-electron chi connectivity index (χ3n) is 11.4. The minimum atomic E-state index is -0.942. The molecular formula is C48H80O4. The average molecular weight is 721 g/mol. The van der Waals surface area contributed by atoms with Crippen molar-refractivity contribution in [2.75, 3.05) is 0 Å². The molecule has 0 aliphatic rings. The maximum atomic E-state index is 12.7. The van der Waals surface area contributed by atoms with Crippen molar-refractivity contribution in [3.05, 3.63) is 46.5 Å². The van der Waals surface area contributed by atoms with E-state index in [0.717, 1.165) is 60.4 Å². The van der Waals surface area contributed by atoms with E-state index in [1.54, 1.807) is 12.1 Å². The smallest absolute Gasteiger partial charge is 0.336 e. The van der Waals surface area contributed by atoms with Crippen LogP contribution in [0.2, 0.25) is 0 Å². The van der Waals surface area contributed by atoms with Crippen LogP contribution in [0.1, 0.15) is 251 Å². The van der Waals surface area contributed by atoms with Crippen molar-refractivity contribution in [3.8, 4) is 0 Å². The van der Waals surface area contributed by atoms with Crippen LogP contribution >= 0.6 is 0 Å². The second-order valence-electron chi connectivity index (χ2n) is 16.0. The van der Waals surface area contributed by atoms with E-state index in [0.29, 0.717) is 5.56 Å². The van der Waals surface area contributed by atoms with Crippen LogP contribution in [0.15, 0.2) is 24.3 Å². The molecule has 4 nitrogen and oxygen atoms in total. The van der Waals surface area contributed by atoms with E-state index < -0.39 is 11.9 Å². The van der Waals surface area contributed by atoms with Crippen LogP contribution < -0.4 is 0 Å². The first-order chi connectivity index (χ1) is 25.5. The van der Waals surface area contributed by atoms with Gasteiger partial charge in [-0.1, -0.05) is 219 Å². The third kappa shape index (κ3) is 20.8. The zero-order valence-electron chi connectivity index (χ0n) is 34.1. The van der Waals surface area contributed by atoms with Crippen LogP contribution in [0.25, 0.3) is 10.8 Å². The highest BCUT2D eigenvalue weighted by molar-refractivity contribution is 6.02. The van der Waals surface area contributed by atoms with Gasteiger partial charge < -0.3 is 10.2 Å². The van der Waals surface area contributed by atoms with Crippen molar-refractivity contribution >= 4 is 22.7 Å². The summed E-state index contributed by atoms with van der Waals surface area (Å²) in [7, 11) is 0.